The van der Waals surface area contributed by atoms with Crippen LogP contribution in [0.5, 0.6) is 0 Å². The number of aryl methyl sites for hydroxylation is 1. The number of anilines is 1. The Labute approximate surface area is 173 Å². The molecule has 1 aromatic heterocycles. The lowest BCUT2D eigenvalue weighted by molar-refractivity contribution is -0.107. The first kappa shape index (κ1) is 19.4. The van der Waals surface area contributed by atoms with Crippen LogP contribution in [0.3, 0.4) is 0 Å². The zero-order chi connectivity index (χ0) is 20.4. The number of rotatable bonds is 7. The van der Waals surface area contributed by atoms with Crippen LogP contribution in [0.1, 0.15) is 28.4 Å². The van der Waals surface area contributed by atoms with Gasteiger partial charge in [0.25, 0.3) is 0 Å². The van der Waals surface area contributed by atoms with Crippen molar-refractivity contribution in [3.8, 4) is 11.4 Å². The van der Waals surface area contributed by atoms with Crippen LogP contribution < -0.4 is 4.90 Å². The molecule has 6 nitrogen and oxygen atoms in total. The van der Waals surface area contributed by atoms with Crippen molar-refractivity contribution < 1.29 is 9.59 Å². The monoisotopic (exact) mass is 406 g/mol. The van der Waals surface area contributed by atoms with Gasteiger partial charge in [0, 0.05) is 29.9 Å². The van der Waals surface area contributed by atoms with Crippen LogP contribution >= 0.6 is 11.8 Å². The number of ketones is 1. The maximum Gasteiger partial charge on any atom is 0.214 e. The smallest absolute Gasteiger partial charge is 0.214 e. The number of carbonyl (C=O) groups excluding carboxylic acids is 2. The quantitative estimate of drug-likeness (QED) is 0.339. The highest BCUT2D eigenvalue weighted by atomic mass is 32.2. The van der Waals surface area contributed by atoms with Crippen molar-refractivity contribution in [1.29, 1.82) is 0 Å². The minimum Gasteiger partial charge on any atom is -0.314 e. The molecule has 148 valence electrons. The Balaban J connectivity index is 1.50. The van der Waals surface area contributed by atoms with Crippen LogP contribution in [0.25, 0.3) is 11.4 Å². The highest BCUT2D eigenvalue weighted by Crippen LogP contribution is 2.29. The van der Waals surface area contributed by atoms with E-state index in [-0.39, 0.29) is 5.78 Å². The van der Waals surface area contributed by atoms with Crippen LogP contribution in [0.4, 0.5) is 5.69 Å². The van der Waals surface area contributed by atoms with E-state index in [0.29, 0.717) is 17.9 Å². The normalized spacial score (nSPS) is 12.8. The standard InChI is InChI=1S/C22H22N4O2S/c1-3-26-21(18-6-4-5-15(2)11-18)23-24-22(26)29-13-20(28)17-7-8-19-16(12-17)9-10-25(19)14-27/h4-8,11-12,14H,3,9-10,13H2,1-2H3. The second-order valence-corrected chi connectivity index (χ2v) is 7.97. The Morgan fingerprint density at radius 1 is 1.21 bits per heavy atom. The van der Waals surface area contributed by atoms with Gasteiger partial charge in [-0.2, -0.15) is 0 Å². The molecule has 0 atom stereocenters. The predicted octanol–water partition coefficient (Wildman–Crippen LogP) is 3.77. The first-order valence-corrected chi connectivity index (χ1v) is 10.6. The molecular formula is C22H22N4O2S. The van der Waals surface area contributed by atoms with Gasteiger partial charge in [0.1, 0.15) is 0 Å². The van der Waals surface area contributed by atoms with Crippen LogP contribution in [-0.4, -0.2) is 39.3 Å². The fraction of sp³-hybridized carbons (Fsp3) is 0.273. The van der Waals surface area contributed by atoms with Gasteiger partial charge in [-0.1, -0.05) is 35.5 Å². The van der Waals surface area contributed by atoms with Gasteiger partial charge in [-0.3, -0.25) is 9.59 Å². The predicted molar refractivity (Wildman–Crippen MR) is 114 cm³/mol. The molecule has 0 fully saturated rings. The molecule has 0 unspecified atom stereocenters. The molecule has 3 aromatic rings. The number of hydrogen-bond acceptors (Lipinski definition) is 5. The maximum absolute atomic E-state index is 12.7. The van der Waals surface area contributed by atoms with Gasteiger partial charge in [-0.15, -0.1) is 10.2 Å². The largest absolute Gasteiger partial charge is 0.314 e. The molecule has 0 saturated carbocycles. The molecule has 1 amide bonds. The summed E-state index contributed by atoms with van der Waals surface area (Å²) in [6, 6.07) is 13.7. The van der Waals surface area contributed by atoms with E-state index in [1.165, 1.54) is 17.3 Å². The van der Waals surface area contributed by atoms with E-state index in [1.807, 2.05) is 35.8 Å². The number of nitrogens with zero attached hydrogens (tertiary/aromatic N) is 4. The second-order valence-electron chi connectivity index (χ2n) is 7.02. The van der Waals surface area contributed by atoms with E-state index in [2.05, 4.69) is 29.3 Å². The number of fused-ring (bicyclic) bond motifs is 1. The lowest BCUT2D eigenvalue weighted by Crippen LogP contribution is -2.17. The van der Waals surface area contributed by atoms with E-state index in [4.69, 9.17) is 0 Å². The molecule has 4 rings (SSSR count). The second kappa shape index (κ2) is 8.21. The number of thioether (sulfide) groups is 1. The van der Waals surface area contributed by atoms with Crippen molar-refractivity contribution in [3.63, 3.8) is 0 Å². The van der Waals surface area contributed by atoms with Gasteiger partial charge < -0.3 is 9.47 Å². The van der Waals surface area contributed by atoms with Crippen molar-refractivity contribution >= 4 is 29.6 Å². The van der Waals surface area contributed by atoms with Crippen molar-refractivity contribution in [2.24, 2.45) is 0 Å². The van der Waals surface area contributed by atoms with Gasteiger partial charge in [0.15, 0.2) is 16.8 Å². The van der Waals surface area contributed by atoms with Crippen LogP contribution in [-0.2, 0) is 17.8 Å². The first-order chi connectivity index (χ1) is 14.1. The molecule has 0 aliphatic carbocycles. The van der Waals surface area contributed by atoms with Crippen LogP contribution in [0, 0.1) is 6.92 Å². The summed E-state index contributed by atoms with van der Waals surface area (Å²) in [5.74, 6) is 1.16. The molecule has 0 radical (unpaired) electrons. The van der Waals surface area contributed by atoms with E-state index in [1.54, 1.807) is 11.0 Å². The highest BCUT2D eigenvalue weighted by molar-refractivity contribution is 7.99. The zero-order valence-electron chi connectivity index (χ0n) is 16.5. The van der Waals surface area contributed by atoms with Gasteiger partial charge >= 0.3 is 0 Å². The first-order valence-electron chi connectivity index (χ1n) is 9.61. The summed E-state index contributed by atoms with van der Waals surface area (Å²) in [6.07, 6.45) is 1.62. The fourth-order valence-corrected chi connectivity index (χ4v) is 4.50. The number of Topliss-reactive ketones (excluding diaryl/α,β-unsaturated/α-hetero) is 1. The van der Waals surface area contributed by atoms with Crippen molar-refractivity contribution in [2.75, 3.05) is 17.2 Å². The summed E-state index contributed by atoms with van der Waals surface area (Å²) in [6.45, 7) is 5.50. The molecule has 1 aliphatic rings. The number of carbonyl (C=O) groups is 2. The maximum atomic E-state index is 12.7. The zero-order valence-corrected chi connectivity index (χ0v) is 17.3. The van der Waals surface area contributed by atoms with Crippen molar-refractivity contribution in [2.45, 2.75) is 32.0 Å². The topological polar surface area (TPSA) is 68.1 Å². The summed E-state index contributed by atoms with van der Waals surface area (Å²) in [5.41, 5.74) is 4.81. The minimum absolute atomic E-state index is 0.0464. The van der Waals surface area contributed by atoms with E-state index >= 15 is 0 Å². The van der Waals surface area contributed by atoms with Crippen LogP contribution in [0.2, 0.25) is 0 Å². The molecule has 7 heteroatoms. The Bertz CT molecular complexity index is 1080. The minimum atomic E-state index is 0.0464. The Hall–Kier alpha value is -2.93. The summed E-state index contributed by atoms with van der Waals surface area (Å²) in [4.78, 5) is 25.5. The van der Waals surface area contributed by atoms with Gasteiger partial charge in [-0.25, -0.2) is 0 Å². The summed E-state index contributed by atoms with van der Waals surface area (Å²) in [7, 11) is 0. The Kier molecular flexibility index (Phi) is 5.49. The molecule has 2 aromatic carbocycles. The van der Waals surface area contributed by atoms with E-state index in [9.17, 15) is 9.59 Å². The lowest BCUT2D eigenvalue weighted by atomic mass is 10.1. The number of aromatic nitrogens is 3. The van der Waals surface area contributed by atoms with E-state index < -0.39 is 0 Å². The Morgan fingerprint density at radius 3 is 2.83 bits per heavy atom. The third-order valence-corrected chi connectivity index (χ3v) is 6.07. The number of amides is 1. The number of hydrogen-bond donors (Lipinski definition) is 0. The lowest BCUT2D eigenvalue weighted by Gasteiger charge is -2.10. The van der Waals surface area contributed by atoms with Gasteiger partial charge in [-0.05, 0) is 50.1 Å². The van der Waals surface area contributed by atoms with Crippen molar-refractivity contribution in [1.82, 2.24) is 14.8 Å². The molecule has 0 N–H and O–H groups in total. The van der Waals surface area contributed by atoms with Crippen molar-refractivity contribution in [3.05, 3.63) is 59.2 Å². The average molecular weight is 407 g/mol. The molecular weight excluding hydrogens is 384 g/mol. The van der Waals surface area contributed by atoms with Crippen LogP contribution in [0.15, 0.2) is 47.6 Å². The third-order valence-electron chi connectivity index (χ3n) is 5.10. The molecule has 0 bridgehead atoms. The molecule has 0 saturated heterocycles. The molecule has 1 aliphatic heterocycles. The molecule has 29 heavy (non-hydrogen) atoms. The van der Waals surface area contributed by atoms with E-state index in [0.717, 1.165) is 47.2 Å². The molecule has 2 heterocycles. The van der Waals surface area contributed by atoms with Gasteiger partial charge in [0.2, 0.25) is 6.41 Å². The summed E-state index contributed by atoms with van der Waals surface area (Å²) in [5, 5.41) is 9.41. The Morgan fingerprint density at radius 2 is 2.07 bits per heavy atom. The average Bonchev–Trinajstić information content (AvgIpc) is 3.34. The summed E-state index contributed by atoms with van der Waals surface area (Å²) >= 11 is 1.41. The molecule has 0 spiro atoms. The number of benzene rings is 2. The highest BCUT2D eigenvalue weighted by Gasteiger charge is 2.21. The summed E-state index contributed by atoms with van der Waals surface area (Å²) < 4.78 is 2.04. The fourth-order valence-electron chi connectivity index (χ4n) is 3.60. The van der Waals surface area contributed by atoms with Gasteiger partial charge in [0.05, 0.1) is 5.75 Å². The third kappa shape index (κ3) is 3.82. The SMILES string of the molecule is CCn1c(SCC(=O)c2ccc3c(c2)CCN3C=O)nnc1-c1cccc(C)c1.